The summed E-state index contributed by atoms with van der Waals surface area (Å²) in [5, 5.41) is 11.5. The molecule has 0 bridgehead atoms. The van der Waals surface area contributed by atoms with Crippen molar-refractivity contribution in [3.8, 4) is 5.75 Å². The van der Waals surface area contributed by atoms with Crippen LogP contribution in [0.5, 0.6) is 5.75 Å². The molecule has 1 heterocycles. The number of hydrogen-bond donors (Lipinski definition) is 0. The summed E-state index contributed by atoms with van der Waals surface area (Å²) in [7, 11) is 3.19. The van der Waals surface area contributed by atoms with Crippen LogP contribution < -0.4 is 4.74 Å². The predicted octanol–water partition coefficient (Wildman–Crippen LogP) is 4.09. The van der Waals surface area contributed by atoms with Crippen LogP contribution in [0.1, 0.15) is 17.4 Å². The van der Waals surface area contributed by atoms with Crippen LogP contribution >= 0.6 is 0 Å². The SMILES string of the molecule is COc1ccc(C(OC)c2cc3cc([N+](=O)[O-])ccc3o2)cc1. The highest BCUT2D eigenvalue weighted by atomic mass is 16.6. The van der Waals surface area contributed by atoms with E-state index in [1.807, 2.05) is 24.3 Å². The van der Waals surface area contributed by atoms with E-state index in [0.717, 1.165) is 11.3 Å². The Bertz CT molecular complexity index is 838. The van der Waals surface area contributed by atoms with Gasteiger partial charge in [0.05, 0.1) is 12.0 Å². The van der Waals surface area contributed by atoms with Gasteiger partial charge in [0.2, 0.25) is 0 Å². The second kappa shape index (κ2) is 6.10. The average molecular weight is 313 g/mol. The van der Waals surface area contributed by atoms with Gasteiger partial charge in [-0.25, -0.2) is 0 Å². The summed E-state index contributed by atoms with van der Waals surface area (Å²) < 4.78 is 16.5. The summed E-state index contributed by atoms with van der Waals surface area (Å²) in [6.45, 7) is 0. The molecule has 1 unspecified atom stereocenters. The van der Waals surface area contributed by atoms with Crippen LogP contribution in [0.15, 0.2) is 52.9 Å². The molecule has 23 heavy (non-hydrogen) atoms. The van der Waals surface area contributed by atoms with Crippen molar-refractivity contribution in [3.05, 3.63) is 70.0 Å². The molecular formula is C17H15NO5. The highest BCUT2D eigenvalue weighted by Crippen LogP contribution is 2.32. The number of benzene rings is 2. The van der Waals surface area contributed by atoms with E-state index in [1.54, 1.807) is 26.4 Å². The van der Waals surface area contributed by atoms with E-state index in [2.05, 4.69) is 0 Å². The molecule has 0 spiro atoms. The van der Waals surface area contributed by atoms with Crippen molar-refractivity contribution >= 4 is 16.7 Å². The minimum atomic E-state index is -0.427. The Morgan fingerprint density at radius 3 is 2.43 bits per heavy atom. The predicted molar refractivity (Wildman–Crippen MR) is 84.7 cm³/mol. The lowest BCUT2D eigenvalue weighted by Gasteiger charge is -2.13. The van der Waals surface area contributed by atoms with Gasteiger partial charge >= 0.3 is 0 Å². The van der Waals surface area contributed by atoms with Crippen molar-refractivity contribution in [1.82, 2.24) is 0 Å². The maximum absolute atomic E-state index is 10.9. The molecule has 3 aromatic rings. The van der Waals surface area contributed by atoms with Crippen molar-refractivity contribution in [1.29, 1.82) is 0 Å². The molecule has 118 valence electrons. The first kappa shape index (κ1) is 15.1. The van der Waals surface area contributed by atoms with E-state index in [0.29, 0.717) is 16.7 Å². The molecule has 0 N–H and O–H groups in total. The molecule has 0 aliphatic rings. The van der Waals surface area contributed by atoms with Gasteiger partial charge in [0.15, 0.2) is 0 Å². The fourth-order valence-corrected chi connectivity index (χ4v) is 2.49. The molecule has 0 radical (unpaired) electrons. The molecule has 0 amide bonds. The van der Waals surface area contributed by atoms with Gasteiger partial charge in [-0.1, -0.05) is 12.1 Å². The Balaban J connectivity index is 2.00. The molecule has 1 aromatic heterocycles. The highest BCUT2D eigenvalue weighted by Gasteiger charge is 2.19. The molecule has 0 aliphatic carbocycles. The van der Waals surface area contributed by atoms with E-state index in [-0.39, 0.29) is 5.69 Å². The fourth-order valence-electron chi connectivity index (χ4n) is 2.49. The molecule has 0 saturated carbocycles. The van der Waals surface area contributed by atoms with Crippen molar-refractivity contribution in [2.45, 2.75) is 6.10 Å². The fraction of sp³-hybridized carbons (Fsp3) is 0.176. The first-order valence-corrected chi connectivity index (χ1v) is 6.97. The zero-order valence-corrected chi connectivity index (χ0v) is 12.7. The normalized spacial score (nSPS) is 12.3. The second-order valence-electron chi connectivity index (χ2n) is 5.02. The number of ether oxygens (including phenoxy) is 2. The van der Waals surface area contributed by atoms with E-state index in [9.17, 15) is 10.1 Å². The number of rotatable bonds is 5. The number of hydrogen-bond acceptors (Lipinski definition) is 5. The van der Waals surface area contributed by atoms with E-state index < -0.39 is 11.0 Å². The van der Waals surface area contributed by atoms with Crippen LogP contribution in [0.3, 0.4) is 0 Å². The third-order valence-corrected chi connectivity index (χ3v) is 3.64. The quantitative estimate of drug-likeness (QED) is 0.524. The van der Waals surface area contributed by atoms with Gasteiger partial charge < -0.3 is 13.9 Å². The van der Waals surface area contributed by atoms with Crippen LogP contribution in [-0.4, -0.2) is 19.1 Å². The molecule has 2 aromatic carbocycles. The van der Waals surface area contributed by atoms with Gasteiger partial charge in [-0.2, -0.15) is 0 Å². The van der Waals surface area contributed by atoms with Crippen molar-refractivity contribution < 1.29 is 18.8 Å². The van der Waals surface area contributed by atoms with Crippen LogP contribution in [0, 0.1) is 10.1 Å². The second-order valence-corrected chi connectivity index (χ2v) is 5.02. The minimum absolute atomic E-state index is 0.0308. The highest BCUT2D eigenvalue weighted by molar-refractivity contribution is 5.80. The lowest BCUT2D eigenvalue weighted by Crippen LogP contribution is -2.02. The van der Waals surface area contributed by atoms with Crippen LogP contribution in [-0.2, 0) is 4.74 Å². The molecule has 6 nitrogen and oxygen atoms in total. The number of nitrogens with zero attached hydrogens (tertiary/aromatic N) is 1. The van der Waals surface area contributed by atoms with Crippen LogP contribution in [0.25, 0.3) is 11.0 Å². The number of non-ortho nitro benzene ring substituents is 1. The van der Waals surface area contributed by atoms with Gasteiger partial charge in [-0.15, -0.1) is 0 Å². The first-order chi connectivity index (χ1) is 11.1. The van der Waals surface area contributed by atoms with E-state index >= 15 is 0 Å². The molecule has 0 aliphatic heterocycles. The largest absolute Gasteiger partial charge is 0.497 e. The van der Waals surface area contributed by atoms with Crippen molar-refractivity contribution in [3.63, 3.8) is 0 Å². The van der Waals surface area contributed by atoms with Crippen molar-refractivity contribution in [2.75, 3.05) is 14.2 Å². The molecule has 0 fully saturated rings. The topological polar surface area (TPSA) is 74.7 Å². The molecule has 3 rings (SSSR count). The standard InChI is InChI=1S/C17H15NO5/c1-21-14-6-3-11(4-7-14)17(22-2)16-10-12-9-13(18(19)20)5-8-15(12)23-16/h3-10,17H,1-2H3. The number of methoxy groups -OCH3 is 2. The van der Waals surface area contributed by atoms with Gasteiger partial charge in [0.1, 0.15) is 23.2 Å². The molecule has 0 saturated heterocycles. The summed E-state index contributed by atoms with van der Waals surface area (Å²) in [6, 6.07) is 13.7. The molecular weight excluding hydrogens is 298 g/mol. The summed E-state index contributed by atoms with van der Waals surface area (Å²) in [4.78, 5) is 10.4. The minimum Gasteiger partial charge on any atom is -0.497 e. The third kappa shape index (κ3) is 2.89. The Labute approximate surface area is 132 Å². The zero-order valence-electron chi connectivity index (χ0n) is 12.7. The van der Waals surface area contributed by atoms with Crippen LogP contribution in [0.4, 0.5) is 5.69 Å². The summed E-state index contributed by atoms with van der Waals surface area (Å²) in [5.74, 6) is 1.34. The lowest BCUT2D eigenvalue weighted by molar-refractivity contribution is -0.384. The summed E-state index contributed by atoms with van der Waals surface area (Å²) >= 11 is 0. The molecule has 1 atom stereocenters. The van der Waals surface area contributed by atoms with E-state index in [1.165, 1.54) is 12.1 Å². The Morgan fingerprint density at radius 1 is 1.09 bits per heavy atom. The van der Waals surface area contributed by atoms with E-state index in [4.69, 9.17) is 13.9 Å². The third-order valence-electron chi connectivity index (χ3n) is 3.64. The number of furan rings is 1. The Morgan fingerprint density at radius 2 is 1.83 bits per heavy atom. The maximum Gasteiger partial charge on any atom is 0.270 e. The van der Waals surface area contributed by atoms with Crippen LogP contribution in [0.2, 0.25) is 0 Å². The van der Waals surface area contributed by atoms with Crippen molar-refractivity contribution in [2.24, 2.45) is 0 Å². The lowest BCUT2D eigenvalue weighted by atomic mass is 10.1. The van der Waals surface area contributed by atoms with Gasteiger partial charge in [-0.05, 0) is 29.8 Å². The van der Waals surface area contributed by atoms with Gasteiger partial charge in [0.25, 0.3) is 5.69 Å². The Hall–Kier alpha value is -2.86. The summed E-state index contributed by atoms with van der Waals surface area (Å²) in [6.07, 6.45) is -0.396. The maximum atomic E-state index is 10.9. The number of nitro benzene ring substituents is 1. The number of nitro groups is 1. The molecule has 6 heteroatoms. The average Bonchev–Trinajstić information content (AvgIpc) is 2.98. The summed E-state index contributed by atoms with van der Waals surface area (Å²) in [5.41, 5.74) is 1.52. The Kier molecular flexibility index (Phi) is 3.99. The monoisotopic (exact) mass is 313 g/mol. The smallest absolute Gasteiger partial charge is 0.270 e. The van der Waals surface area contributed by atoms with Gasteiger partial charge in [0, 0.05) is 24.6 Å². The number of fused-ring (bicyclic) bond motifs is 1. The zero-order chi connectivity index (χ0) is 16.4. The van der Waals surface area contributed by atoms with Gasteiger partial charge in [-0.3, -0.25) is 10.1 Å². The first-order valence-electron chi connectivity index (χ1n) is 6.97.